The van der Waals surface area contributed by atoms with E-state index in [4.69, 9.17) is 9.68 Å². The average molecular weight is 380 g/mol. The molecule has 0 radical (unpaired) electrons. The topological polar surface area (TPSA) is 72.5 Å². The molecule has 2 amide bonds. The van der Waals surface area contributed by atoms with Crippen molar-refractivity contribution in [3.8, 4) is 6.07 Å². The number of hydrogen-bond donors (Lipinski definition) is 1. The molecule has 0 bridgehead atoms. The van der Waals surface area contributed by atoms with Crippen molar-refractivity contribution in [2.24, 2.45) is 0 Å². The summed E-state index contributed by atoms with van der Waals surface area (Å²) in [6.45, 7) is 7.16. The van der Waals surface area contributed by atoms with Gasteiger partial charge < -0.3 is 14.6 Å². The zero-order valence-corrected chi connectivity index (χ0v) is 16.6. The van der Waals surface area contributed by atoms with Gasteiger partial charge in [-0.15, -0.1) is 0 Å². The SMILES string of the molecule is CCN(C(=O)NC[C@@H](c1ccco1)N1CCCC1)[C@@H](C)c1ccc(C#N)cc1. The molecule has 3 rings (SSSR count). The number of carbonyl (C=O) groups is 1. The fourth-order valence-electron chi connectivity index (χ4n) is 3.84. The zero-order chi connectivity index (χ0) is 19.9. The molecule has 1 saturated heterocycles. The van der Waals surface area contributed by atoms with Crippen molar-refractivity contribution in [2.75, 3.05) is 26.2 Å². The van der Waals surface area contributed by atoms with Crippen molar-refractivity contribution < 1.29 is 9.21 Å². The van der Waals surface area contributed by atoms with Crippen molar-refractivity contribution in [3.05, 3.63) is 59.5 Å². The van der Waals surface area contributed by atoms with Crippen molar-refractivity contribution in [3.63, 3.8) is 0 Å². The van der Waals surface area contributed by atoms with Crippen LogP contribution in [0, 0.1) is 11.3 Å². The van der Waals surface area contributed by atoms with Gasteiger partial charge in [-0.3, -0.25) is 4.90 Å². The molecule has 28 heavy (non-hydrogen) atoms. The van der Waals surface area contributed by atoms with E-state index in [0.717, 1.165) is 24.4 Å². The Kier molecular flexibility index (Phi) is 6.72. The van der Waals surface area contributed by atoms with Crippen LogP contribution in [-0.4, -0.2) is 42.0 Å². The van der Waals surface area contributed by atoms with Crippen LogP contribution in [0.3, 0.4) is 0 Å². The second-order valence-corrected chi connectivity index (χ2v) is 7.16. The number of nitrogens with one attached hydrogen (secondary N) is 1. The smallest absolute Gasteiger partial charge is 0.317 e. The van der Waals surface area contributed by atoms with Crippen LogP contribution in [-0.2, 0) is 0 Å². The van der Waals surface area contributed by atoms with E-state index in [1.807, 2.05) is 43.0 Å². The summed E-state index contributed by atoms with van der Waals surface area (Å²) in [5.41, 5.74) is 1.63. The van der Waals surface area contributed by atoms with E-state index in [1.54, 1.807) is 18.4 Å². The van der Waals surface area contributed by atoms with Crippen molar-refractivity contribution >= 4 is 6.03 Å². The first-order chi connectivity index (χ1) is 13.6. The van der Waals surface area contributed by atoms with Crippen LogP contribution in [0.5, 0.6) is 0 Å². The third-order valence-corrected chi connectivity index (χ3v) is 5.49. The monoisotopic (exact) mass is 380 g/mol. The third-order valence-electron chi connectivity index (χ3n) is 5.49. The molecule has 0 spiro atoms. The van der Waals surface area contributed by atoms with Gasteiger partial charge in [0.1, 0.15) is 5.76 Å². The summed E-state index contributed by atoms with van der Waals surface area (Å²) in [5, 5.41) is 12.1. The molecule has 1 N–H and O–H groups in total. The van der Waals surface area contributed by atoms with Gasteiger partial charge in [0.2, 0.25) is 0 Å². The van der Waals surface area contributed by atoms with E-state index < -0.39 is 0 Å². The molecular formula is C22H28N4O2. The Balaban J connectivity index is 1.65. The molecule has 0 unspecified atom stereocenters. The quantitative estimate of drug-likeness (QED) is 0.785. The predicted molar refractivity (Wildman–Crippen MR) is 108 cm³/mol. The Morgan fingerprint density at radius 3 is 2.57 bits per heavy atom. The molecule has 0 aliphatic carbocycles. The molecule has 1 fully saturated rings. The average Bonchev–Trinajstić information content (AvgIpc) is 3.43. The predicted octanol–water partition coefficient (Wildman–Crippen LogP) is 4.08. The number of amides is 2. The maximum absolute atomic E-state index is 12.9. The van der Waals surface area contributed by atoms with Crippen LogP contribution < -0.4 is 5.32 Å². The van der Waals surface area contributed by atoms with Crippen LogP contribution in [0.4, 0.5) is 4.79 Å². The summed E-state index contributed by atoms with van der Waals surface area (Å²) in [4.78, 5) is 17.1. The summed E-state index contributed by atoms with van der Waals surface area (Å²) in [5.74, 6) is 0.894. The molecule has 6 heteroatoms. The molecule has 1 aliphatic rings. The third kappa shape index (κ3) is 4.55. The lowest BCUT2D eigenvalue weighted by atomic mass is 10.1. The molecule has 2 atom stereocenters. The van der Waals surface area contributed by atoms with E-state index in [2.05, 4.69) is 16.3 Å². The summed E-state index contributed by atoms with van der Waals surface area (Å²) in [7, 11) is 0. The summed E-state index contributed by atoms with van der Waals surface area (Å²) in [6, 6.07) is 13.3. The standard InChI is InChI=1S/C22H28N4O2/c1-3-26(17(2)19-10-8-18(15-23)9-11-19)22(27)24-16-20(21-7-6-14-28-21)25-12-4-5-13-25/h6-11,14,17,20H,3-5,12-13,16H2,1-2H3,(H,24,27)/t17-,20-/m0/s1. The summed E-state index contributed by atoms with van der Waals surface area (Å²) >= 11 is 0. The lowest BCUT2D eigenvalue weighted by Gasteiger charge is -2.31. The molecule has 1 aliphatic heterocycles. The van der Waals surface area contributed by atoms with Gasteiger partial charge in [0.05, 0.1) is 30.0 Å². The van der Waals surface area contributed by atoms with Gasteiger partial charge in [-0.25, -0.2) is 4.79 Å². The zero-order valence-electron chi connectivity index (χ0n) is 16.6. The van der Waals surface area contributed by atoms with Crippen molar-refractivity contribution in [1.29, 1.82) is 5.26 Å². The fraction of sp³-hybridized carbons (Fsp3) is 0.455. The first kappa shape index (κ1) is 20.0. The molecule has 1 aromatic carbocycles. The second kappa shape index (κ2) is 9.43. The van der Waals surface area contributed by atoms with E-state index >= 15 is 0 Å². The number of nitriles is 1. The molecular weight excluding hydrogens is 352 g/mol. The Morgan fingerprint density at radius 2 is 2.00 bits per heavy atom. The van der Waals surface area contributed by atoms with Crippen molar-refractivity contribution in [1.82, 2.24) is 15.1 Å². The van der Waals surface area contributed by atoms with Gasteiger partial charge in [-0.1, -0.05) is 12.1 Å². The second-order valence-electron chi connectivity index (χ2n) is 7.16. The van der Waals surface area contributed by atoms with Gasteiger partial charge in [-0.05, 0) is 69.6 Å². The number of hydrogen-bond acceptors (Lipinski definition) is 4. The summed E-state index contributed by atoms with van der Waals surface area (Å²) in [6.07, 6.45) is 4.05. The highest BCUT2D eigenvalue weighted by atomic mass is 16.3. The van der Waals surface area contributed by atoms with Gasteiger partial charge in [0, 0.05) is 13.1 Å². The number of carbonyl (C=O) groups excluding carboxylic acids is 1. The van der Waals surface area contributed by atoms with Gasteiger partial charge in [-0.2, -0.15) is 5.26 Å². The molecule has 2 aromatic rings. The summed E-state index contributed by atoms with van der Waals surface area (Å²) < 4.78 is 5.63. The number of furan rings is 1. The van der Waals surface area contributed by atoms with E-state index in [9.17, 15) is 4.79 Å². The number of urea groups is 1. The van der Waals surface area contributed by atoms with E-state index in [-0.39, 0.29) is 18.1 Å². The minimum Gasteiger partial charge on any atom is -0.468 e. The minimum absolute atomic E-state index is 0.0605. The lowest BCUT2D eigenvalue weighted by Crippen LogP contribution is -2.44. The highest BCUT2D eigenvalue weighted by Crippen LogP contribution is 2.25. The number of benzene rings is 1. The van der Waals surface area contributed by atoms with E-state index in [1.165, 1.54) is 12.8 Å². The highest BCUT2D eigenvalue weighted by Gasteiger charge is 2.27. The van der Waals surface area contributed by atoms with Gasteiger partial charge in [0.25, 0.3) is 0 Å². The number of nitrogens with zero attached hydrogens (tertiary/aromatic N) is 3. The largest absolute Gasteiger partial charge is 0.468 e. The van der Waals surface area contributed by atoms with Crippen LogP contribution in [0.2, 0.25) is 0 Å². The van der Waals surface area contributed by atoms with Gasteiger partial charge >= 0.3 is 6.03 Å². The Hall–Kier alpha value is -2.78. The number of rotatable bonds is 7. The van der Waals surface area contributed by atoms with Gasteiger partial charge in [0.15, 0.2) is 0 Å². The fourth-order valence-corrected chi connectivity index (χ4v) is 3.84. The molecule has 148 valence electrons. The first-order valence-corrected chi connectivity index (χ1v) is 9.96. The normalized spacial score (nSPS) is 16.3. The van der Waals surface area contributed by atoms with Crippen molar-refractivity contribution in [2.45, 2.75) is 38.8 Å². The molecule has 0 saturated carbocycles. The maximum atomic E-state index is 12.9. The van der Waals surface area contributed by atoms with E-state index in [0.29, 0.717) is 18.7 Å². The molecule has 6 nitrogen and oxygen atoms in total. The molecule has 2 heterocycles. The first-order valence-electron chi connectivity index (χ1n) is 9.96. The van der Waals surface area contributed by atoms with Crippen LogP contribution in [0.25, 0.3) is 0 Å². The van der Waals surface area contributed by atoms with Crippen LogP contribution >= 0.6 is 0 Å². The Morgan fingerprint density at radius 1 is 1.29 bits per heavy atom. The number of likely N-dealkylation sites (tertiary alicyclic amines) is 1. The van der Waals surface area contributed by atoms with Crippen LogP contribution in [0.15, 0.2) is 47.1 Å². The minimum atomic E-state index is -0.0879. The lowest BCUT2D eigenvalue weighted by molar-refractivity contribution is 0.170. The Labute approximate surface area is 166 Å². The van der Waals surface area contributed by atoms with Crippen LogP contribution in [0.1, 0.15) is 55.7 Å². The Bertz CT molecular complexity index is 789. The maximum Gasteiger partial charge on any atom is 0.317 e. The highest BCUT2D eigenvalue weighted by molar-refractivity contribution is 5.74. The molecule has 1 aromatic heterocycles.